The van der Waals surface area contributed by atoms with Gasteiger partial charge in [0.1, 0.15) is 0 Å². The van der Waals surface area contributed by atoms with Gasteiger partial charge in [0.15, 0.2) is 0 Å². The standard InChI is InChI=1S/C18H29N3O/c1-16(17-6-5-9-19-14-17)21-12-10-20(11-13-21)15-18(22)7-3-2-4-8-18/h5-6,9,14,16,22H,2-4,7-8,10-13,15H2,1H3. The zero-order valence-electron chi connectivity index (χ0n) is 13.7. The van der Waals surface area contributed by atoms with E-state index in [1.807, 2.05) is 18.5 Å². The third kappa shape index (κ3) is 3.86. The average Bonchev–Trinajstić information content (AvgIpc) is 2.56. The molecular formula is C18H29N3O. The topological polar surface area (TPSA) is 39.6 Å². The minimum Gasteiger partial charge on any atom is -0.389 e. The molecule has 1 saturated heterocycles. The summed E-state index contributed by atoms with van der Waals surface area (Å²) in [5.41, 5.74) is 0.872. The molecule has 22 heavy (non-hydrogen) atoms. The van der Waals surface area contributed by atoms with E-state index in [1.165, 1.54) is 24.8 Å². The molecule has 1 aliphatic heterocycles. The summed E-state index contributed by atoms with van der Waals surface area (Å²) in [7, 11) is 0. The van der Waals surface area contributed by atoms with Gasteiger partial charge in [0.05, 0.1) is 5.60 Å². The Kier molecular flexibility index (Phi) is 5.11. The number of hydrogen-bond acceptors (Lipinski definition) is 4. The molecule has 4 nitrogen and oxygen atoms in total. The summed E-state index contributed by atoms with van der Waals surface area (Å²) >= 11 is 0. The summed E-state index contributed by atoms with van der Waals surface area (Å²) in [5.74, 6) is 0. The van der Waals surface area contributed by atoms with Gasteiger partial charge in [0, 0.05) is 51.2 Å². The van der Waals surface area contributed by atoms with E-state index < -0.39 is 5.60 Å². The molecule has 2 fully saturated rings. The average molecular weight is 303 g/mol. The Morgan fingerprint density at radius 1 is 1.18 bits per heavy atom. The van der Waals surface area contributed by atoms with Gasteiger partial charge in [-0.3, -0.25) is 14.8 Å². The van der Waals surface area contributed by atoms with Crippen LogP contribution < -0.4 is 0 Å². The molecule has 0 bridgehead atoms. The van der Waals surface area contributed by atoms with Gasteiger partial charge in [-0.1, -0.05) is 25.3 Å². The van der Waals surface area contributed by atoms with E-state index in [-0.39, 0.29) is 0 Å². The molecule has 1 N–H and O–H groups in total. The first-order chi connectivity index (χ1) is 10.7. The SMILES string of the molecule is CC(c1cccnc1)N1CCN(CC2(O)CCCCC2)CC1. The van der Waals surface area contributed by atoms with E-state index in [0.29, 0.717) is 6.04 Å². The maximum absolute atomic E-state index is 10.7. The molecule has 1 unspecified atom stereocenters. The summed E-state index contributed by atoms with van der Waals surface area (Å²) in [6.07, 6.45) is 9.45. The minimum absolute atomic E-state index is 0.421. The summed E-state index contributed by atoms with van der Waals surface area (Å²) < 4.78 is 0. The number of hydrogen-bond donors (Lipinski definition) is 1. The Hall–Kier alpha value is -0.970. The van der Waals surface area contributed by atoms with Crippen LogP contribution in [0.15, 0.2) is 24.5 Å². The fourth-order valence-electron chi connectivity index (χ4n) is 3.93. The number of aromatic nitrogens is 1. The monoisotopic (exact) mass is 303 g/mol. The van der Waals surface area contributed by atoms with Crippen molar-refractivity contribution < 1.29 is 5.11 Å². The van der Waals surface area contributed by atoms with Gasteiger partial charge in [-0.25, -0.2) is 0 Å². The molecule has 4 heteroatoms. The fourth-order valence-corrected chi connectivity index (χ4v) is 3.93. The van der Waals surface area contributed by atoms with E-state index in [1.54, 1.807) is 0 Å². The molecule has 1 aromatic rings. The lowest BCUT2D eigenvalue weighted by atomic mass is 9.84. The van der Waals surface area contributed by atoms with Crippen LogP contribution in [0.2, 0.25) is 0 Å². The third-order valence-electron chi connectivity index (χ3n) is 5.42. The molecule has 0 spiro atoms. The van der Waals surface area contributed by atoms with Crippen LogP contribution in [0.25, 0.3) is 0 Å². The highest BCUT2D eigenvalue weighted by Crippen LogP contribution is 2.29. The molecule has 1 atom stereocenters. The number of aliphatic hydroxyl groups is 1. The maximum atomic E-state index is 10.7. The summed E-state index contributed by atoms with van der Waals surface area (Å²) in [6, 6.07) is 4.60. The number of β-amino-alcohol motifs (C(OH)–C–C–N with tert-alkyl or cyclic N) is 1. The highest BCUT2D eigenvalue weighted by molar-refractivity contribution is 5.13. The first-order valence-corrected chi connectivity index (χ1v) is 8.75. The fraction of sp³-hybridized carbons (Fsp3) is 0.722. The zero-order chi connectivity index (χ0) is 15.4. The predicted octanol–water partition coefficient (Wildman–Crippen LogP) is 2.46. The van der Waals surface area contributed by atoms with Gasteiger partial charge in [0.25, 0.3) is 0 Å². The van der Waals surface area contributed by atoms with Gasteiger partial charge < -0.3 is 5.11 Å². The molecule has 2 heterocycles. The number of pyridine rings is 1. The molecule has 3 rings (SSSR count). The van der Waals surface area contributed by atoms with Gasteiger partial charge >= 0.3 is 0 Å². The van der Waals surface area contributed by atoms with E-state index in [4.69, 9.17) is 0 Å². The first kappa shape index (κ1) is 15.9. The van der Waals surface area contributed by atoms with Crippen molar-refractivity contribution in [3.63, 3.8) is 0 Å². The Labute approximate surface area is 134 Å². The lowest BCUT2D eigenvalue weighted by Crippen LogP contribution is -2.52. The van der Waals surface area contributed by atoms with Crippen LogP contribution in [0, 0.1) is 0 Å². The van der Waals surface area contributed by atoms with Crippen LogP contribution in [0.3, 0.4) is 0 Å². The van der Waals surface area contributed by atoms with E-state index in [0.717, 1.165) is 45.6 Å². The predicted molar refractivity (Wildman–Crippen MR) is 88.7 cm³/mol. The van der Waals surface area contributed by atoms with Crippen molar-refractivity contribution in [2.24, 2.45) is 0 Å². The lowest BCUT2D eigenvalue weighted by molar-refractivity contribution is -0.0379. The maximum Gasteiger partial charge on any atom is 0.0774 e. The second-order valence-electron chi connectivity index (χ2n) is 7.06. The van der Waals surface area contributed by atoms with Gasteiger partial charge in [-0.15, -0.1) is 0 Å². The van der Waals surface area contributed by atoms with Crippen LogP contribution in [0.1, 0.15) is 50.6 Å². The second kappa shape index (κ2) is 7.07. The van der Waals surface area contributed by atoms with Crippen molar-refractivity contribution in [3.8, 4) is 0 Å². The molecule has 0 amide bonds. The first-order valence-electron chi connectivity index (χ1n) is 8.75. The molecule has 122 valence electrons. The van der Waals surface area contributed by atoms with E-state index >= 15 is 0 Å². The van der Waals surface area contributed by atoms with Crippen molar-refractivity contribution in [1.29, 1.82) is 0 Å². The van der Waals surface area contributed by atoms with Crippen molar-refractivity contribution in [2.45, 2.75) is 50.7 Å². The largest absolute Gasteiger partial charge is 0.389 e. The number of nitrogens with zero attached hydrogens (tertiary/aromatic N) is 3. The summed E-state index contributed by atoms with van der Waals surface area (Å²) in [4.78, 5) is 9.21. The van der Waals surface area contributed by atoms with Crippen LogP contribution in [0.4, 0.5) is 0 Å². The second-order valence-corrected chi connectivity index (χ2v) is 7.06. The number of rotatable bonds is 4. The molecule has 2 aliphatic rings. The van der Waals surface area contributed by atoms with Crippen molar-refractivity contribution in [3.05, 3.63) is 30.1 Å². The molecule has 0 aromatic carbocycles. The highest BCUT2D eigenvalue weighted by atomic mass is 16.3. The summed E-state index contributed by atoms with van der Waals surface area (Å²) in [5, 5.41) is 10.7. The van der Waals surface area contributed by atoms with Crippen LogP contribution >= 0.6 is 0 Å². The van der Waals surface area contributed by atoms with Crippen molar-refractivity contribution in [2.75, 3.05) is 32.7 Å². The zero-order valence-corrected chi connectivity index (χ0v) is 13.7. The third-order valence-corrected chi connectivity index (χ3v) is 5.42. The van der Waals surface area contributed by atoms with E-state index in [9.17, 15) is 5.11 Å². The van der Waals surface area contributed by atoms with E-state index in [2.05, 4.69) is 27.8 Å². The Balaban J connectivity index is 1.50. The Morgan fingerprint density at radius 2 is 1.91 bits per heavy atom. The molecule has 1 aromatic heterocycles. The molecular weight excluding hydrogens is 274 g/mol. The Morgan fingerprint density at radius 3 is 2.55 bits per heavy atom. The minimum atomic E-state index is -0.421. The van der Waals surface area contributed by atoms with Crippen LogP contribution in [-0.2, 0) is 0 Å². The van der Waals surface area contributed by atoms with Gasteiger partial charge in [0.2, 0.25) is 0 Å². The Bertz CT molecular complexity index is 451. The van der Waals surface area contributed by atoms with Crippen molar-refractivity contribution >= 4 is 0 Å². The quantitative estimate of drug-likeness (QED) is 0.927. The van der Waals surface area contributed by atoms with Crippen molar-refractivity contribution in [1.82, 2.24) is 14.8 Å². The molecule has 1 aliphatic carbocycles. The molecule has 1 saturated carbocycles. The van der Waals surface area contributed by atoms with Gasteiger partial charge in [-0.05, 0) is 31.4 Å². The number of piperazine rings is 1. The van der Waals surface area contributed by atoms with Gasteiger partial charge in [-0.2, -0.15) is 0 Å². The summed E-state index contributed by atoms with van der Waals surface area (Å²) in [6.45, 7) is 7.40. The highest BCUT2D eigenvalue weighted by Gasteiger charge is 2.32. The lowest BCUT2D eigenvalue weighted by Gasteiger charge is -2.42. The normalized spacial score (nSPS) is 25.0. The smallest absolute Gasteiger partial charge is 0.0774 e. The van der Waals surface area contributed by atoms with Crippen LogP contribution in [-0.4, -0.2) is 58.2 Å². The molecule has 0 radical (unpaired) electrons. The van der Waals surface area contributed by atoms with Crippen LogP contribution in [0.5, 0.6) is 0 Å².